The summed E-state index contributed by atoms with van der Waals surface area (Å²) in [4.78, 5) is 24.0. The van der Waals surface area contributed by atoms with Gasteiger partial charge in [0.1, 0.15) is 0 Å². The van der Waals surface area contributed by atoms with Gasteiger partial charge in [-0.3, -0.25) is 20.4 Å². The predicted octanol–water partition coefficient (Wildman–Crippen LogP) is 0.980. The summed E-state index contributed by atoms with van der Waals surface area (Å²) in [7, 11) is 0. The lowest BCUT2D eigenvalue weighted by atomic mass is 9.45. The molecule has 2 bridgehead atoms. The molecular formula is C12H18N2O2. The van der Waals surface area contributed by atoms with E-state index >= 15 is 0 Å². The van der Waals surface area contributed by atoms with Gasteiger partial charge in [-0.1, -0.05) is 13.8 Å². The third-order valence-electron chi connectivity index (χ3n) is 5.24. The molecule has 0 radical (unpaired) electrons. The van der Waals surface area contributed by atoms with Crippen molar-refractivity contribution in [3.05, 3.63) is 0 Å². The van der Waals surface area contributed by atoms with Gasteiger partial charge in [-0.15, -0.1) is 0 Å². The van der Waals surface area contributed by atoms with Crippen LogP contribution in [0.25, 0.3) is 0 Å². The number of amides is 2. The van der Waals surface area contributed by atoms with Crippen molar-refractivity contribution in [3.63, 3.8) is 0 Å². The Morgan fingerprint density at radius 2 is 1.19 bits per heavy atom. The van der Waals surface area contributed by atoms with Gasteiger partial charge in [0.25, 0.3) is 0 Å². The van der Waals surface area contributed by atoms with Crippen LogP contribution in [0.1, 0.15) is 39.5 Å². The van der Waals surface area contributed by atoms with Crippen LogP contribution in [0, 0.1) is 22.7 Å². The van der Waals surface area contributed by atoms with Crippen molar-refractivity contribution >= 4 is 11.8 Å². The Morgan fingerprint density at radius 3 is 1.50 bits per heavy atom. The molecule has 4 nitrogen and oxygen atoms in total. The molecule has 2 atom stereocenters. The number of fused-ring (bicyclic) bond motifs is 2. The Bertz CT molecular complexity index is 333. The number of carbonyl (C=O) groups excluding carboxylic acids is 2. The van der Waals surface area contributed by atoms with Gasteiger partial charge in [-0.2, -0.15) is 0 Å². The molecule has 2 amide bonds. The van der Waals surface area contributed by atoms with Crippen molar-refractivity contribution in [1.82, 2.24) is 10.9 Å². The second kappa shape index (κ2) is 2.79. The van der Waals surface area contributed by atoms with Crippen LogP contribution in [-0.2, 0) is 9.59 Å². The van der Waals surface area contributed by atoms with E-state index in [9.17, 15) is 9.59 Å². The highest BCUT2D eigenvalue weighted by atomic mass is 16.2. The fraction of sp³-hybridized carbons (Fsp3) is 0.833. The van der Waals surface area contributed by atoms with E-state index in [-0.39, 0.29) is 34.5 Å². The van der Waals surface area contributed by atoms with Crippen LogP contribution in [0.5, 0.6) is 0 Å². The van der Waals surface area contributed by atoms with Crippen molar-refractivity contribution in [3.8, 4) is 0 Å². The largest absolute Gasteiger partial charge is 0.273 e. The van der Waals surface area contributed by atoms with Gasteiger partial charge in [-0.25, -0.2) is 0 Å². The maximum Gasteiger partial charge on any atom is 0.242 e. The SMILES string of the molecule is CC12CCC(C)(CC1)[C@@H]1C(=O)NNC(=O)[C@H]12. The van der Waals surface area contributed by atoms with E-state index in [2.05, 4.69) is 24.7 Å². The Kier molecular flexibility index (Phi) is 1.76. The molecule has 0 aromatic heterocycles. The predicted molar refractivity (Wildman–Crippen MR) is 57.9 cm³/mol. The number of hydrogen-bond acceptors (Lipinski definition) is 2. The van der Waals surface area contributed by atoms with E-state index in [1.165, 1.54) is 0 Å². The molecule has 0 aromatic rings. The summed E-state index contributed by atoms with van der Waals surface area (Å²) in [5.41, 5.74) is 5.10. The highest BCUT2D eigenvalue weighted by Crippen LogP contribution is 2.62. The highest BCUT2D eigenvalue weighted by molar-refractivity contribution is 5.94. The molecule has 0 unspecified atom stereocenters. The molecule has 4 rings (SSSR count). The Labute approximate surface area is 95.1 Å². The van der Waals surface area contributed by atoms with Gasteiger partial charge in [0.2, 0.25) is 11.8 Å². The summed E-state index contributed by atoms with van der Waals surface area (Å²) in [6.07, 6.45) is 4.30. The quantitative estimate of drug-likeness (QED) is 0.642. The minimum atomic E-state index is -0.117. The first-order valence-corrected chi connectivity index (χ1v) is 6.06. The summed E-state index contributed by atoms with van der Waals surface area (Å²) < 4.78 is 0. The molecule has 1 heterocycles. The summed E-state index contributed by atoms with van der Waals surface area (Å²) in [6.45, 7) is 4.34. The van der Waals surface area contributed by atoms with Crippen LogP contribution < -0.4 is 10.9 Å². The maximum atomic E-state index is 12.0. The third-order valence-corrected chi connectivity index (χ3v) is 5.24. The molecule has 1 aliphatic heterocycles. The maximum absolute atomic E-state index is 12.0. The van der Waals surface area contributed by atoms with Gasteiger partial charge in [0.15, 0.2) is 0 Å². The average molecular weight is 222 g/mol. The third kappa shape index (κ3) is 1.05. The van der Waals surface area contributed by atoms with Crippen molar-refractivity contribution in [2.45, 2.75) is 39.5 Å². The first-order valence-electron chi connectivity index (χ1n) is 6.06. The first kappa shape index (κ1) is 10.1. The fourth-order valence-electron chi connectivity index (χ4n) is 4.03. The molecule has 4 fully saturated rings. The summed E-state index contributed by atoms with van der Waals surface area (Å²) in [6, 6.07) is 0. The minimum absolute atomic E-state index is 0.0118. The molecule has 16 heavy (non-hydrogen) atoms. The summed E-state index contributed by atoms with van der Waals surface area (Å²) in [5, 5.41) is 0. The molecule has 3 aliphatic carbocycles. The molecule has 88 valence electrons. The van der Waals surface area contributed by atoms with Crippen molar-refractivity contribution in [1.29, 1.82) is 0 Å². The van der Waals surface area contributed by atoms with Gasteiger partial charge in [0.05, 0.1) is 11.8 Å². The van der Waals surface area contributed by atoms with Gasteiger partial charge in [-0.05, 0) is 36.5 Å². The number of rotatable bonds is 0. The molecule has 4 heteroatoms. The van der Waals surface area contributed by atoms with E-state index in [0.717, 1.165) is 25.7 Å². The van der Waals surface area contributed by atoms with E-state index in [0.29, 0.717) is 0 Å². The molecule has 0 aromatic carbocycles. The number of carbonyl (C=O) groups is 2. The molecule has 2 N–H and O–H groups in total. The van der Waals surface area contributed by atoms with Crippen molar-refractivity contribution in [2.24, 2.45) is 22.7 Å². The van der Waals surface area contributed by atoms with E-state index in [1.54, 1.807) is 0 Å². The zero-order valence-corrected chi connectivity index (χ0v) is 9.80. The average Bonchev–Trinajstić information content (AvgIpc) is 2.25. The molecule has 1 saturated heterocycles. The summed E-state index contributed by atoms with van der Waals surface area (Å²) in [5.74, 6) is -0.210. The highest BCUT2D eigenvalue weighted by Gasteiger charge is 2.62. The van der Waals surface area contributed by atoms with Crippen LogP contribution in [-0.4, -0.2) is 11.8 Å². The van der Waals surface area contributed by atoms with Crippen molar-refractivity contribution < 1.29 is 9.59 Å². The zero-order chi connectivity index (χ0) is 11.6. The Balaban J connectivity index is 2.09. The molecule has 4 aliphatic rings. The van der Waals surface area contributed by atoms with Gasteiger partial charge >= 0.3 is 0 Å². The van der Waals surface area contributed by atoms with Crippen LogP contribution >= 0.6 is 0 Å². The van der Waals surface area contributed by atoms with Crippen LogP contribution in [0.3, 0.4) is 0 Å². The Hall–Kier alpha value is -1.06. The smallest absolute Gasteiger partial charge is 0.242 e. The van der Waals surface area contributed by atoms with E-state index in [1.807, 2.05) is 0 Å². The molecule has 3 saturated carbocycles. The topological polar surface area (TPSA) is 58.2 Å². The second-order valence-corrected chi connectivity index (χ2v) is 6.24. The summed E-state index contributed by atoms with van der Waals surface area (Å²) >= 11 is 0. The van der Waals surface area contributed by atoms with Gasteiger partial charge in [0, 0.05) is 0 Å². The Morgan fingerprint density at radius 1 is 0.875 bits per heavy atom. The van der Waals surface area contributed by atoms with Gasteiger partial charge < -0.3 is 0 Å². The first-order chi connectivity index (χ1) is 7.46. The van der Waals surface area contributed by atoms with E-state index in [4.69, 9.17) is 0 Å². The number of hydrogen-bond donors (Lipinski definition) is 2. The number of hydrazine groups is 1. The number of nitrogens with one attached hydrogen (secondary N) is 2. The standard InChI is InChI=1S/C12H18N2O2/c1-11-3-5-12(2,6-4-11)8-7(11)9(15)13-14-10(8)16/h7-8H,3-6H2,1-2H3,(H,13,15)(H,14,16)/t7-,8-,11?,12?/m0/s1. The zero-order valence-electron chi connectivity index (χ0n) is 9.80. The lowest BCUT2D eigenvalue weighted by Gasteiger charge is -2.60. The second-order valence-electron chi connectivity index (χ2n) is 6.24. The van der Waals surface area contributed by atoms with Crippen LogP contribution in [0.2, 0.25) is 0 Å². The normalized spacial score (nSPS) is 50.6. The lowest BCUT2D eigenvalue weighted by Crippen LogP contribution is -2.67. The van der Waals surface area contributed by atoms with E-state index < -0.39 is 0 Å². The lowest BCUT2D eigenvalue weighted by molar-refractivity contribution is -0.173. The molecular weight excluding hydrogens is 204 g/mol. The monoisotopic (exact) mass is 222 g/mol. The molecule has 0 spiro atoms. The van der Waals surface area contributed by atoms with Crippen molar-refractivity contribution in [2.75, 3.05) is 0 Å². The van der Waals surface area contributed by atoms with Crippen LogP contribution in [0.4, 0.5) is 0 Å². The van der Waals surface area contributed by atoms with Crippen LogP contribution in [0.15, 0.2) is 0 Å². The minimum Gasteiger partial charge on any atom is -0.273 e. The fourth-order valence-corrected chi connectivity index (χ4v) is 4.03.